The van der Waals surface area contributed by atoms with Crippen molar-refractivity contribution < 1.29 is 9.72 Å². The first-order valence-corrected chi connectivity index (χ1v) is 9.81. The van der Waals surface area contributed by atoms with Crippen molar-refractivity contribution in [3.05, 3.63) is 70.3 Å². The van der Waals surface area contributed by atoms with Gasteiger partial charge in [0.2, 0.25) is 5.91 Å². The number of carbonyl (C=O) groups excluding carboxylic acids is 1. The van der Waals surface area contributed by atoms with Gasteiger partial charge >= 0.3 is 0 Å². The van der Waals surface area contributed by atoms with Gasteiger partial charge < -0.3 is 10.2 Å². The third-order valence-electron chi connectivity index (χ3n) is 5.41. The predicted octanol–water partition coefficient (Wildman–Crippen LogP) is 4.32. The molecule has 1 atom stereocenters. The first kappa shape index (κ1) is 19.9. The Kier molecular flexibility index (Phi) is 6.29. The van der Waals surface area contributed by atoms with E-state index in [1.807, 2.05) is 41.3 Å². The van der Waals surface area contributed by atoms with Crippen LogP contribution in [0.4, 0.5) is 11.4 Å². The van der Waals surface area contributed by atoms with Crippen LogP contribution in [0.25, 0.3) is 0 Å². The number of hydrogen-bond donors (Lipinski definition) is 1. The molecule has 2 aromatic rings. The Hall–Kier alpha value is -2.89. The first-order chi connectivity index (χ1) is 13.5. The molecule has 1 saturated heterocycles. The standard InChI is InChI=1S/C22H27N3O3/c1-16(2)21(17-8-4-3-5-9-17)23-22(26)18-12-14-24(15-13-18)19-10-6-7-11-20(19)25(27)28/h3-11,16,18,21H,12-15H2,1-2H3,(H,23,26)/t21-/m1/s1. The van der Waals surface area contributed by atoms with E-state index >= 15 is 0 Å². The summed E-state index contributed by atoms with van der Waals surface area (Å²) in [6.07, 6.45) is 1.38. The van der Waals surface area contributed by atoms with Crippen LogP contribution in [0.3, 0.4) is 0 Å². The van der Waals surface area contributed by atoms with Gasteiger partial charge in [0.05, 0.1) is 11.0 Å². The Morgan fingerprint density at radius 1 is 1.07 bits per heavy atom. The first-order valence-electron chi connectivity index (χ1n) is 9.81. The summed E-state index contributed by atoms with van der Waals surface area (Å²) < 4.78 is 0. The van der Waals surface area contributed by atoms with Crippen molar-refractivity contribution in [3.63, 3.8) is 0 Å². The van der Waals surface area contributed by atoms with Crippen molar-refractivity contribution in [1.82, 2.24) is 5.32 Å². The van der Waals surface area contributed by atoms with E-state index in [4.69, 9.17) is 0 Å². The lowest BCUT2D eigenvalue weighted by atomic mass is 9.92. The van der Waals surface area contributed by atoms with Crippen LogP contribution >= 0.6 is 0 Å². The van der Waals surface area contributed by atoms with Crippen molar-refractivity contribution >= 4 is 17.3 Å². The summed E-state index contributed by atoms with van der Waals surface area (Å²) in [5.41, 5.74) is 1.87. The average molecular weight is 381 g/mol. The molecular weight excluding hydrogens is 354 g/mol. The van der Waals surface area contributed by atoms with Crippen LogP contribution in [0.5, 0.6) is 0 Å². The number of para-hydroxylation sites is 2. The molecular formula is C22H27N3O3. The van der Waals surface area contributed by atoms with Crippen LogP contribution in [0.2, 0.25) is 0 Å². The van der Waals surface area contributed by atoms with E-state index in [9.17, 15) is 14.9 Å². The van der Waals surface area contributed by atoms with Gasteiger partial charge in [-0.25, -0.2) is 0 Å². The van der Waals surface area contributed by atoms with Crippen molar-refractivity contribution in [2.45, 2.75) is 32.7 Å². The molecule has 1 aliphatic rings. The van der Waals surface area contributed by atoms with Crippen LogP contribution < -0.4 is 10.2 Å². The third kappa shape index (κ3) is 4.50. The molecule has 0 aliphatic carbocycles. The summed E-state index contributed by atoms with van der Waals surface area (Å²) in [7, 11) is 0. The number of rotatable bonds is 6. The molecule has 1 aliphatic heterocycles. The van der Waals surface area contributed by atoms with Crippen molar-refractivity contribution in [1.29, 1.82) is 0 Å². The maximum absolute atomic E-state index is 12.9. The molecule has 0 spiro atoms. The molecule has 3 rings (SSSR count). The summed E-state index contributed by atoms with van der Waals surface area (Å²) in [4.78, 5) is 25.8. The molecule has 0 unspecified atom stereocenters. The second-order valence-corrected chi connectivity index (χ2v) is 7.65. The van der Waals surface area contributed by atoms with E-state index in [2.05, 4.69) is 19.2 Å². The lowest BCUT2D eigenvalue weighted by Crippen LogP contribution is -2.42. The SMILES string of the molecule is CC(C)[C@@H](NC(=O)C1CCN(c2ccccc2[N+](=O)[O-])CC1)c1ccccc1. The predicted molar refractivity (Wildman–Crippen MR) is 110 cm³/mol. The van der Waals surface area contributed by atoms with Gasteiger partial charge in [-0.05, 0) is 30.4 Å². The Morgan fingerprint density at radius 3 is 2.29 bits per heavy atom. The second kappa shape index (κ2) is 8.87. The Morgan fingerprint density at radius 2 is 1.68 bits per heavy atom. The number of nitrogens with one attached hydrogen (secondary N) is 1. The summed E-state index contributed by atoms with van der Waals surface area (Å²) in [6, 6.07) is 16.8. The molecule has 148 valence electrons. The largest absolute Gasteiger partial charge is 0.366 e. The van der Waals surface area contributed by atoms with Crippen LogP contribution in [-0.4, -0.2) is 23.9 Å². The number of piperidine rings is 1. The van der Waals surface area contributed by atoms with Crippen LogP contribution in [0, 0.1) is 22.0 Å². The smallest absolute Gasteiger partial charge is 0.292 e. The minimum absolute atomic E-state index is 0.0121. The maximum atomic E-state index is 12.9. The van der Waals surface area contributed by atoms with Crippen LogP contribution in [0.1, 0.15) is 38.3 Å². The molecule has 1 heterocycles. The fourth-order valence-electron chi connectivity index (χ4n) is 3.83. The number of nitrogens with zero attached hydrogens (tertiary/aromatic N) is 2. The molecule has 6 heteroatoms. The van der Waals surface area contributed by atoms with Crippen molar-refractivity contribution in [3.8, 4) is 0 Å². The molecule has 2 aromatic carbocycles. The summed E-state index contributed by atoms with van der Waals surface area (Å²) in [6.45, 7) is 5.49. The normalized spacial score (nSPS) is 16.0. The molecule has 0 aromatic heterocycles. The van der Waals surface area contributed by atoms with Gasteiger partial charge in [0, 0.05) is 25.1 Å². The molecule has 1 fully saturated rings. The third-order valence-corrected chi connectivity index (χ3v) is 5.41. The van der Waals surface area contributed by atoms with Gasteiger partial charge in [-0.2, -0.15) is 0 Å². The summed E-state index contributed by atoms with van der Waals surface area (Å²) in [5, 5.41) is 14.5. The average Bonchev–Trinajstić information content (AvgIpc) is 2.72. The highest BCUT2D eigenvalue weighted by Gasteiger charge is 2.29. The zero-order valence-corrected chi connectivity index (χ0v) is 16.4. The fourth-order valence-corrected chi connectivity index (χ4v) is 3.83. The molecule has 1 N–H and O–H groups in total. The zero-order chi connectivity index (χ0) is 20.1. The van der Waals surface area contributed by atoms with E-state index in [1.165, 1.54) is 6.07 Å². The van der Waals surface area contributed by atoms with E-state index in [1.54, 1.807) is 12.1 Å². The van der Waals surface area contributed by atoms with Gasteiger partial charge in [-0.3, -0.25) is 14.9 Å². The van der Waals surface area contributed by atoms with Gasteiger partial charge in [-0.15, -0.1) is 0 Å². The molecule has 28 heavy (non-hydrogen) atoms. The molecule has 0 radical (unpaired) electrons. The minimum atomic E-state index is -0.346. The lowest BCUT2D eigenvalue weighted by Gasteiger charge is -2.34. The Bertz CT molecular complexity index is 815. The quantitative estimate of drug-likeness (QED) is 0.597. The zero-order valence-electron chi connectivity index (χ0n) is 16.4. The number of nitro groups is 1. The van der Waals surface area contributed by atoms with Gasteiger partial charge in [0.1, 0.15) is 5.69 Å². The number of benzene rings is 2. The van der Waals surface area contributed by atoms with Crippen molar-refractivity contribution in [2.24, 2.45) is 11.8 Å². The molecule has 6 nitrogen and oxygen atoms in total. The van der Waals surface area contributed by atoms with E-state index in [0.29, 0.717) is 37.5 Å². The Balaban J connectivity index is 1.63. The highest BCUT2D eigenvalue weighted by molar-refractivity contribution is 5.79. The molecule has 0 saturated carbocycles. The van der Waals surface area contributed by atoms with Gasteiger partial charge in [0.15, 0.2) is 0 Å². The highest BCUT2D eigenvalue weighted by atomic mass is 16.6. The van der Waals surface area contributed by atoms with E-state index in [0.717, 1.165) is 5.56 Å². The Labute approximate surface area is 165 Å². The fraction of sp³-hybridized carbons (Fsp3) is 0.409. The highest BCUT2D eigenvalue weighted by Crippen LogP contribution is 2.31. The van der Waals surface area contributed by atoms with Gasteiger partial charge in [-0.1, -0.05) is 56.3 Å². The number of carbonyl (C=O) groups is 1. The van der Waals surface area contributed by atoms with Crippen LogP contribution in [0.15, 0.2) is 54.6 Å². The number of hydrogen-bond acceptors (Lipinski definition) is 4. The number of amides is 1. The monoisotopic (exact) mass is 381 g/mol. The van der Waals surface area contributed by atoms with E-state index < -0.39 is 0 Å². The number of anilines is 1. The molecule has 0 bridgehead atoms. The summed E-state index contributed by atoms with van der Waals surface area (Å²) in [5.74, 6) is 0.298. The van der Waals surface area contributed by atoms with Gasteiger partial charge in [0.25, 0.3) is 5.69 Å². The van der Waals surface area contributed by atoms with Crippen molar-refractivity contribution in [2.75, 3.05) is 18.0 Å². The minimum Gasteiger partial charge on any atom is -0.366 e. The van der Waals surface area contributed by atoms with Crippen LogP contribution in [-0.2, 0) is 4.79 Å². The summed E-state index contributed by atoms with van der Waals surface area (Å²) >= 11 is 0. The second-order valence-electron chi connectivity index (χ2n) is 7.65. The van der Waals surface area contributed by atoms with E-state index in [-0.39, 0.29) is 28.5 Å². The molecule has 1 amide bonds. The topological polar surface area (TPSA) is 75.5 Å². The maximum Gasteiger partial charge on any atom is 0.292 e. The lowest BCUT2D eigenvalue weighted by molar-refractivity contribution is -0.384. The number of nitro benzene ring substituents is 1.